The highest BCUT2D eigenvalue weighted by Crippen LogP contribution is 2.14. The maximum absolute atomic E-state index is 13.4. The molecule has 1 heterocycles. The van der Waals surface area contributed by atoms with E-state index in [9.17, 15) is 13.6 Å². The summed E-state index contributed by atoms with van der Waals surface area (Å²) < 4.78 is 27.8. The van der Waals surface area contributed by atoms with E-state index in [1.165, 1.54) is 6.07 Å². The molecular weight excluding hydrogens is 264 g/mol. The van der Waals surface area contributed by atoms with Gasteiger partial charge in [0.2, 0.25) is 0 Å². The minimum Gasteiger partial charge on any atom is -0.392 e. The van der Waals surface area contributed by atoms with E-state index in [-0.39, 0.29) is 22.9 Å². The van der Waals surface area contributed by atoms with Crippen LogP contribution in [-0.4, -0.2) is 9.55 Å². The lowest BCUT2D eigenvalue weighted by Gasteiger charge is -2.08. The van der Waals surface area contributed by atoms with Gasteiger partial charge in [0.25, 0.3) is 5.56 Å². The summed E-state index contributed by atoms with van der Waals surface area (Å²) in [5.74, 6) is -1.48. The monoisotopic (exact) mass is 271 g/mol. The molecule has 2 N–H and O–H groups in total. The Hall–Kier alpha value is -1.95. The fraction of sp³-hybridized carbons (Fsp3) is 0.0909. The Balaban J connectivity index is 2.47. The van der Waals surface area contributed by atoms with Gasteiger partial charge < -0.3 is 5.73 Å². The van der Waals surface area contributed by atoms with E-state index in [4.69, 9.17) is 17.3 Å². The first-order valence-electron chi connectivity index (χ1n) is 4.94. The lowest BCUT2D eigenvalue weighted by atomic mass is 10.2. The normalized spacial score (nSPS) is 10.6. The minimum absolute atomic E-state index is 0.134. The van der Waals surface area contributed by atoms with E-state index in [0.29, 0.717) is 0 Å². The zero-order valence-electron chi connectivity index (χ0n) is 9.03. The van der Waals surface area contributed by atoms with Gasteiger partial charge in [-0.25, -0.2) is 13.8 Å². The van der Waals surface area contributed by atoms with Gasteiger partial charge in [0, 0.05) is 5.56 Å². The second-order valence-electron chi connectivity index (χ2n) is 3.58. The highest BCUT2D eigenvalue weighted by molar-refractivity contribution is 6.31. The van der Waals surface area contributed by atoms with Gasteiger partial charge in [-0.3, -0.25) is 9.36 Å². The van der Waals surface area contributed by atoms with Gasteiger partial charge in [0.15, 0.2) is 5.15 Å². The van der Waals surface area contributed by atoms with Gasteiger partial charge in [0.1, 0.15) is 17.3 Å². The van der Waals surface area contributed by atoms with Crippen LogP contribution in [0.2, 0.25) is 5.15 Å². The molecule has 4 nitrogen and oxygen atoms in total. The lowest BCUT2D eigenvalue weighted by molar-refractivity contribution is 0.540. The number of benzene rings is 1. The lowest BCUT2D eigenvalue weighted by Crippen LogP contribution is -2.25. The van der Waals surface area contributed by atoms with Crippen LogP contribution in [0.4, 0.5) is 14.5 Å². The Morgan fingerprint density at radius 3 is 2.56 bits per heavy atom. The van der Waals surface area contributed by atoms with Gasteiger partial charge in [-0.05, 0) is 12.1 Å². The van der Waals surface area contributed by atoms with Gasteiger partial charge in [-0.15, -0.1) is 0 Å². The largest absolute Gasteiger partial charge is 0.392 e. The summed E-state index contributed by atoms with van der Waals surface area (Å²) in [4.78, 5) is 15.3. The maximum atomic E-state index is 13.4. The highest BCUT2D eigenvalue weighted by Gasteiger charge is 2.12. The molecule has 0 radical (unpaired) electrons. The van der Waals surface area contributed by atoms with Crippen molar-refractivity contribution in [1.29, 1.82) is 0 Å². The fourth-order valence-corrected chi connectivity index (χ4v) is 1.58. The molecule has 7 heteroatoms. The molecule has 2 aromatic rings. The standard InChI is InChI=1S/C11H8ClF2N3O/c12-10-9(15)11(18)17(5-16-10)4-6-7(13)2-1-3-8(6)14/h1-3,5H,4,15H2. The number of halogens is 3. The number of nitrogens with two attached hydrogens (primary N) is 1. The molecule has 0 saturated carbocycles. The number of hydrogen-bond acceptors (Lipinski definition) is 3. The Morgan fingerprint density at radius 2 is 1.94 bits per heavy atom. The summed E-state index contributed by atoms with van der Waals surface area (Å²) in [5, 5.41) is -0.134. The topological polar surface area (TPSA) is 60.9 Å². The summed E-state index contributed by atoms with van der Waals surface area (Å²) in [6, 6.07) is 3.46. The molecular formula is C11H8ClF2N3O. The molecule has 1 aromatic heterocycles. The molecule has 0 aliphatic carbocycles. The third-order valence-electron chi connectivity index (χ3n) is 2.41. The third-order valence-corrected chi connectivity index (χ3v) is 2.72. The van der Waals surface area contributed by atoms with E-state index >= 15 is 0 Å². The van der Waals surface area contributed by atoms with Crippen molar-refractivity contribution in [3.63, 3.8) is 0 Å². The Kier molecular flexibility index (Phi) is 3.29. The molecule has 0 aliphatic rings. The minimum atomic E-state index is -0.740. The van der Waals surface area contributed by atoms with Gasteiger partial charge in [-0.2, -0.15) is 0 Å². The second-order valence-corrected chi connectivity index (χ2v) is 3.94. The Labute approximate surface area is 106 Å². The Bertz CT molecular complexity index is 637. The number of anilines is 1. The molecule has 0 saturated heterocycles. The molecule has 0 fully saturated rings. The third kappa shape index (κ3) is 2.19. The number of hydrogen-bond donors (Lipinski definition) is 1. The molecule has 1 aromatic carbocycles. The molecule has 0 bridgehead atoms. The van der Waals surface area contributed by atoms with Gasteiger partial charge in [-0.1, -0.05) is 17.7 Å². The smallest absolute Gasteiger partial charge is 0.278 e. The second kappa shape index (κ2) is 4.73. The van der Waals surface area contributed by atoms with Crippen LogP contribution in [0.15, 0.2) is 29.3 Å². The van der Waals surface area contributed by atoms with Crippen molar-refractivity contribution in [2.45, 2.75) is 6.54 Å². The zero-order chi connectivity index (χ0) is 13.3. The van der Waals surface area contributed by atoms with E-state index in [1.807, 2.05) is 0 Å². The van der Waals surface area contributed by atoms with Crippen molar-refractivity contribution in [2.24, 2.45) is 0 Å². The van der Waals surface area contributed by atoms with Crippen molar-refractivity contribution in [3.05, 3.63) is 57.2 Å². The number of rotatable bonds is 2. The molecule has 0 atom stereocenters. The molecule has 0 spiro atoms. The quantitative estimate of drug-likeness (QED) is 0.848. The van der Waals surface area contributed by atoms with Crippen molar-refractivity contribution < 1.29 is 8.78 Å². The first-order valence-corrected chi connectivity index (χ1v) is 5.32. The maximum Gasteiger partial charge on any atom is 0.278 e. The van der Waals surface area contributed by atoms with Crippen LogP contribution in [0.1, 0.15) is 5.56 Å². The number of aromatic nitrogens is 2. The van der Waals surface area contributed by atoms with Gasteiger partial charge >= 0.3 is 0 Å². The van der Waals surface area contributed by atoms with Crippen molar-refractivity contribution in [3.8, 4) is 0 Å². The molecule has 0 aliphatic heterocycles. The zero-order valence-corrected chi connectivity index (χ0v) is 9.79. The van der Waals surface area contributed by atoms with Crippen molar-refractivity contribution in [1.82, 2.24) is 9.55 Å². The van der Waals surface area contributed by atoms with Crippen LogP contribution in [0, 0.1) is 11.6 Å². The van der Waals surface area contributed by atoms with Gasteiger partial charge in [0.05, 0.1) is 12.9 Å². The summed E-state index contributed by atoms with van der Waals surface area (Å²) in [5.41, 5.74) is 4.27. The molecule has 18 heavy (non-hydrogen) atoms. The van der Waals surface area contributed by atoms with Crippen molar-refractivity contribution in [2.75, 3.05) is 5.73 Å². The molecule has 0 amide bonds. The predicted molar refractivity (Wildman–Crippen MR) is 63.4 cm³/mol. The van der Waals surface area contributed by atoms with Crippen LogP contribution in [0.25, 0.3) is 0 Å². The van der Waals surface area contributed by atoms with E-state index in [0.717, 1.165) is 23.0 Å². The summed E-state index contributed by atoms with van der Waals surface area (Å²) in [7, 11) is 0. The van der Waals surface area contributed by atoms with E-state index in [2.05, 4.69) is 4.98 Å². The fourth-order valence-electron chi connectivity index (χ4n) is 1.45. The van der Waals surface area contributed by atoms with Crippen LogP contribution < -0.4 is 11.3 Å². The number of nitrogen functional groups attached to an aromatic ring is 1. The first-order chi connectivity index (χ1) is 8.50. The highest BCUT2D eigenvalue weighted by atomic mass is 35.5. The first kappa shape index (κ1) is 12.5. The molecule has 0 unspecified atom stereocenters. The van der Waals surface area contributed by atoms with E-state index in [1.54, 1.807) is 0 Å². The number of nitrogens with zero attached hydrogens (tertiary/aromatic N) is 2. The molecule has 2 rings (SSSR count). The average molecular weight is 272 g/mol. The molecule has 94 valence electrons. The summed E-state index contributed by atoms with van der Waals surface area (Å²) in [6.07, 6.45) is 1.09. The van der Waals surface area contributed by atoms with Crippen LogP contribution in [0.5, 0.6) is 0 Å². The average Bonchev–Trinajstić information content (AvgIpc) is 2.34. The van der Waals surface area contributed by atoms with Crippen molar-refractivity contribution >= 4 is 17.3 Å². The summed E-state index contributed by atoms with van der Waals surface area (Å²) in [6.45, 7) is -0.300. The van der Waals surface area contributed by atoms with E-state index < -0.39 is 17.2 Å². The van der Waals surface area contributed by atoms with Crippen LogP contribution in [0.3, 0.4) is 0 Å². The predicted octanol–water partition coefficient (Wildman–Crippen LogP) is 1.81. The van der Waals surface area contributed by atoms with Crippen LogP contribution >= 0.6 is 11.6 Å². The van der Waals surface area contributed by atoms with Crippen LogP contribution in [-0.2, 0) is 6.54 Å². The Morgan fingerprint density at radius 1 is 1.33 bits per heavy atom. The SMILES string of the molecule is Nc1c(Cl)ncn(Cc2c(F)cccc2F)c1=O. The summed E-state index contributed by atoms with van der Waals surface area (Å²) >= 11 is 5.55.